The molecule has 0 aliphatic heterocycles. The van der Waals surface area contributed by atoms with Gasteiger partial charge >= 0.3 is 5.97 Å². The van der Waals surface area contributed by atoms with Crippen molar-refractivity contribution in [2.75, 3.05) is 6.61 Å². The molecule has 6 heteroatoms. The molecule has 0 aromatic carbocycles. The molecule has 1 aromatic heterocycles. The normalized spacial score (nSPS) is 19.6. The Morgan fingerprint density at radius 2 is 2.32 bits per heavy atom. The zero-order valence-electron chi connectivity index (χ0n) is 10.7. The van der Waals surface area contributed by atoms with Gasteiger partial charge in [-0.1, -0.05) is 6.92 Å². The Hall–Kier alpha value is -1.40. The van der Waals surface area contributed by atoms with Crippen molar-refractivity contribution in [1.29, 1.82) is 0 Å². The van der Waals surface area contributed by atoms with Crippen LogP contribution in [0.1, 0.15) is 33.5 Å². The van der Waals surface area contributed by atoms with Crippen LogP contribution in [0.25, 0.3) is 0 Å². The van der Waals surface area contributed by atoms with Crippen molar-refractivity contribution in [2.24, 2.45) is 5.92 Å². The van der Waals surface area contributed by atoms with Gasteiger partial charge < -0.3 is 15.5 Å². The van der Waals surface area contributed by atoms with Crippen LogP contribution in [0.4, 0.5) is 0 Å². The zero-order chi connectivity index (χ0) is 14.0. The van der Waals surface area contributed by atoms with E-state index in [1.165, 1.54) is 21.8 Å². The average molecular weight is 283 g/mol. The fraction of sp³-hybridized carbons (Fsp3) is 0.538. The van der Waals surface area contributed by atoms with Crippen LogP contribution in [0.15, 0.2) is 6.07 Å². The van der Waals surface area contributed by atoms with Gasteiger partial charge in [0.15, 0.2) is 6.04 Å². The number of carbonyl (C=O) groups excluding carboxylic acids is 1. The number of aliphatic hydroxyl groups excluding tert-OH is 1. The fourth-order valence-corrected chi connectivity index (χ4v) is 3.34. The Balaban J connectivity index is 2.10. The Labute approximate surface area is 115 Å². The van der Waals surface area contributed by atoms with Crippen molar-refractivity contribution in [1.82, 2.24) is 5.32 Å². The summed E-state index contributed by atoms with van der Waals surface area (Å²) >= 11 is 1.42. The molecule has 0 fully saturated rings. The van der Waals surface area contributed by atoms with Crippen molar-refractivity contribution in [3.63, 3.8) is 0 Å². The number of aliphatic carboxylic acids is 1. The summed E-state index contributed by atoms with van der Waals surface area (Å²) in [5, 5.41) is 20.0. The van der Waals surface area contributed by atoms with Crippen molar-refractivity contribution in [3.05, 3.63) is 21.4 Å². The lowest BCUT2D eigenvalue weighted by Crippen LogP contribution is -2.43. The van der Waals surface area contributed by atoms with E-state index in [9.17, 15) is 9.59 Å². The van der Waals surface area contributed by atoms with E-state index in [4.69, 9.17) is 10.2 Å². The summed E-state index contributed by atoms with van der Waals surface area (Å²) in [5.41, 5.74) is 1.20. The summed E-state index contributed by atoms with van der Waals surface area (Å²) in [4.78, 5) is 24.5. The third-order valence-electron chi connectivity index (χ3n) is 3.34. The molecule has 19 heavy (non-hydrogen) atoms. The topological polar surface area (TPSA) is 86.6 Å². The van der Waals surface area contributed by atoms with Gasteiger partial charge in [-0.05, 0) is 36.8 Å². The predicted octanol–water partition coefficient (Wildman–Crippen LogP) is 1.05. The second kappa shape index (κ2) is 5.71. The van der Waals surface area contributed by atoms with Crippen LogP contribution in [0.3, 0.4) is 0 Å². The number of hydrogen-bond donors (Lipinski definition) is 3. The van der Waals surface area contributed by atoms with E-state index in [-0.39, 0.29) is 0 Å². The standard InChI is InChI=1S/C13H17NO4S/c1-7-2-3-10-8(4-7)5-11(19-10)12(16)14-9(6-15)13(17)18/h5,7,9,15H,2-4,6H2,1H3,(H,14,16)(H,17,18). The van der Waals surface area contributed by atoms with Gasteiger partial charge in [-0.25, -0.2) is 4.79 Å². The second-order valence-electron chi connectivity index (χ2n) is 4.95. The molecule has 1 heterocycles. The number of hydrogen-bond acceptors (Lipinski definition) is 4. The molecular weight excluding hydrogens is 266 g/mol. The Morgan fingerprint density at radius 1 is 1.58 bits per heavy atom. The first-order chi connectivity index (χ1) is 9.01. The van der Waals surface area contributed by atoms with Gasteiger partial charge in [-0.15, -0.1) is 11.3 Å². The van der Waals surface area contributed by atoms with Crippen molar-refractivity contribution >= 4 is 23.2 Å². The zero-order valence-corrected chi connectivity index (χ0v) is 11.5. The SMILES string of the molecule is CC1CCc2sc(C(=O)NC(CO)C(=O)O)cc2C1. The van der Waals surface area contributed by atoms with E-state index in [0.29, 0.717) is 10.8 Å². The molecule has 2 rings (SSSR count). The number of rotatable bonds is 4. The number of aliphatic hydroxyl groups is 1. The van der Waals surface area contributed by atoms with Gasteiger partial charge in [0.2, 0.25) is 0 Å². The summed E-state index contributed by atoms with van der Waals surface area (Å²) in [6, 6.07) is 0.604. The molecule has 1 amide bonds. The molecule has 0 saturated heterocycles. The highest BCUT2D eigenvalue weighted by atomic mass is 32.1. The highest BCUT2D eigenvalue weighted by Crippen LogP contribution is 2.32. The van der Waals surface area contributed by atoms with Crippen LogP contribution in [0, 0.1) is 5.92 Å². The van der Waals surface area contributed by atoms with Crippen molar-refractivity contribution < 1.29 is 19.8 Å². The summed E-state index contributed by atoms with van der Waals surface area (Å²) in [6.45, 7) is 1.58. The number of thiophene rings is 1. The lowest BCUT2D eigenvalue weighted by atomic mass is 9.90. The Bertz CT molecular complexity index is 497. The first-order valence-corrected chi connectivity index (χ1v) is 7.09. The second-order valence-corrected chi connectivity index (χ2v) is 6.09. The number of nitrogens with one attached hydrogen (secondary N) is 1. The molecule has 0 radical (unpaired) electrons. The van der Waals surface area contributed by atoms with Gasteiger partial charge in [0, 0.05) is 4.88 Å². The largest absolute Gasteiger partial charge is 0.480 e. The minimum Gasteiger partial charge on any atom is -0.480 e. The fourth-order valence-electron chi connectivity index (χ4n) is 2.23. The highest BCUT2D eigenvalue weighted by Gasteiger charge is 2.24. The van der Waals surface area contributed by atoms with Crippen molar-refractivity contribution in [2.45, 2.75) is 32.2 Å². The number of amides is 1. The summed E-state index contributed by atoms with van der Waals surface area (Å²) in [6.07, 6.45) is 3.08. The van der Waals surface area contributed by atoms with Gasteiger partial charge in [-0.2, -0.15) is 0 Å². The Kier molecular flexibility index (Phi) is 4.21. The number of carboxylic acid groups (broad SMARTS) is 1. The first kappa shape index (κ1) is 14.0. The van der Waals surface area contributed by atoms with Gasteiger partial charge in [-0.3, -0.25) is 4.79 Å². The molecule has 104 valence electrons. The van der Waals surface area contributed by atoms with Crippen LogP contribution in [0.5, 0.6) is 0 Å². The van der Waals surface area contributed by atoms with Crippen LogP contribution in [0.2, 0.25) is 0 Å². The number of carboxylic acids is 1. The van der Waals surface area contributed by atoms with Gasteiger partial charge in [0.05, 0.1) is 11.5 Å². The van der Waals surface area contributed by atoms with E-state index >= 15 is 0 Å². The molecule has 0 bridgehead atoms. The molecule has 0 saturated carbocycles. The molecule has 5 nitrogen and oxygen atoms in total. The summed E-state index contributed by atoms with van der Waals surface area (Å²) in [7, 11) is 0. The van der Waals surface area contributed by atoms with E-state index < -0.39 is 24.5 Å². The number of fused-ring (bicyclic) bond motifs is 1. The quantitative estimate of drug-likeness (QED) is 0.771. The van der Waals surface area contributed by atoms with Crippen LogP contribution < -0.4 is 5.32 Å². The monoisotopic (exact) mass is 283 g/mol. The molecule has 1 aliphatic rings. The van der Waals surface area contributed by atoms with Crippen LogP contribution >= 0.6 is 11.3 Å². The third-order valence-corrected chi connectivity index (χ3v) is 4.57. The van der Waals surface area contributed by atoms with Gasteiger partial charge in [0.25, 0.3) is 5.91 Å². The molecule has 1 aliphatic carbocycles. The van der Waals surface area contributed by atoms with Crippen LogP contribution in [-0.2, 0) is 17.6 Å². The molecule has 3 N–H and O–H groups in total. The molecule has 2 atom stereocenters. The summed E-state index contributed by atoms with van der Waals surface area (Å²) < 4.78 is 0. The van der Waals surface area contributed by atoms with Gasteiger partial charge in [0.1, 0.15) is 0 Å². The first-order valence-electron chi connectivity index (χ1n) is 6.27. The van der Waals surface area contributed by atoms with E-state index in [1.807, 2.05) is 6.07 Å². The minimum atomic E-state index is -1.24. The predicted molar refractivity (Wildman–Crippen MR) is 71.5 cm³/mol. The number of aryl methyl sites for hydroxylation is 1. The smallest absolute Gasteiger partial charge is 0.328 e. The van der Waals surface area contributed by atoms with Crippen molar-refractivity contribution in [3.8, 4) is 0 Å². The third kappa shape index (κ3) is 3.13. The minimum absolute atomic E-state index is 0.423. The molecule has 0 spiro atoms. The highest BCUT2D eigenvalue weighted by molar-refractivity contribution is 7.14. The maximum Gasteiger partial charge on any atom is 0.328 e. The maximum atomic E-state index is 11.9. The lowest BCUT2D eigenvalue weighted by molar-refractivity contribution is -0.140. The van der Waals surface area contributed by atoms with E-state index in [0.717, 1.165) is 19.3 Å². The maximum absolute atomic E-state index is 11.9. The Morgan fingerprint density at radius 3 is 2.95 bits per heavy atom. The summed E-state index contributed by atoms with van der Waals surface area (Å²) in [5.74, 6) is -1.03. The molecule has 2 unspecified atom stereocenters. The molecular formula is C13H17NO4S. The molecule has 1 aromatic rings. The lowest BCUT2D eigenvalue weighted by Gasteiger charge is -2.16. The van der Waals surface area contributed by atoms with E-state index in [1.54, 1.807) is 0 Å². The average Bonchev–Trinajstić information content (AvgIpc) is 2.78. The van der Waals surface area contributed by atoms with Crippen LogP contribution in [-0.4, -0.2) is 34.7 Å². The van der Waals surface area contributed by atoms with E-state index in [2.05, 4.69) is 12.2 Å². The number of carbonyl (C=O) groups is 2.